The van der Waals surface area contributed by atoms with Gasteiger partial charge in [0.25, 0.3) is 0 Å². The Morgan fingerprint density at radius 2 is 1.29 bits per heavy atom. The summed E-state index contributed by atoms with van der Waals surface area (Å²) >= 11 is 0. The van der Waals surface area contributed by atoms with Gasteiger partial charge in [0, 0.05) is 37.0 Å². The third kappa shape index (κ3) is 7.45. The summed E-state index contributed by atoms with van der Waals surface area (Å²) in [5.74, 6) is 0.269. The first kappa shape index (κ1) is 40.6. The van der Waals surface area contributed by atoms with Crippen LogP contribution in [-0.4, -0.2) is 101 Å². The van der Waals surface area contributed by atoms with E-state index in [1.807, 2.05) is 29.8 Å². The molecule has 5 atom stereocenters. The van der Waals surface area contributed by atoms with E-state index in [1.165, 1.54) is 43.6 Å². The van der Waals surface area contributed by atoms with Crippen LogP contribution in [0.15, 0.2) is 54.7 Å². The van der Waals surface area contributed by atoms with Gasteiger partial charge in [-0.15, -0.1) is 0 Å². The molecule has 4 amide bonds. The van der Waals surface area contributed by atoms with Crippen molar-refractivity contribution in [3.05, 3.63) is 77.4 Å². The first-order valence-electron chi connectivity index (χ1n) is 20.1. The molecule has 2 fully saturated rings. The highest BCUT2D eigenvalue weighted by Gasteiger charge is 2.40. The van der Waals surface area contributed by atoms with Crippen molar-refractivity contribution in [2.24, 2.45) is 5.92 Å². The summed E-state index contributed by atoms with van der Waals surface area (Å²) in [5, 5.41) is 5.37. The van der Waals surface area contributed by atoms with Gasteiger partial charge in [0.1, 0.15) is 17.9 Å². The number of nitrogens with one attached hydrogen (secondary N) is 4. The van der Waals surface area contributed by atoms with Crippen LogP contribution in [0.3, 0.4) is 0 Å². The second kappa shape index (κ2) is 16.3. The minimum atomic E-state index is -0.877. The number of alkyl carbamates (subject to hydrolysis) is 2. The number of rotatable bonds is 11. The Morgan fingerprint density at radius 1 is 0.741 bits per heavy atom. The predicted octanol–water partition coefficient (Wildman–Crippen LogP) is 6.85. The number of benzene rings is 2. The van der Waals surface area contributed by atoms with Crippen LogP contribution in [0.2, 0.25) is 0 Å². The van der Waals surface area contributed by atoms with E-state index in [-0.39, 0.29) is 35.2 Å². The average molecular weight is 794 g/mol. The number of H-pyrrole nitrogens is 2. The van der Waals surface area contributed by atoms with Gasteiger partial charge in [-0.05, 0) is 96.2 Å². The molecule has 4 aromatic rings. The second-order valence-electron chi connectivity index (χ2n) is 16.4. The average Bonchev–Trinajstić information content (AvgIpc) is 4.08. The molecule has 308 valence electrons. The number of imidazole rings is 1. The summed E-state index contributed by atoms with van der Waals surface area (Å²) in [6.07, 6.45) is 3.26. The van der Waals surface area contributed by atoms with E-state index in [2.05, 4.69) is 83.0 Å². The zero-order chi connectivity index (χ0) is 41.5. The maximum atomic E-state index is 13.8. The van der Waals surface area contributed by atoms with Gasteiger partial charge in [0.2, 0.25) is 11.8 Å². The molecule has 2 aliphatic heterocycles. The summed E-state index contributed by atoms with van der Waals surface area (Å²) < 4.78 is 15.0. The number of methoxy groups -OCH3 is 3. The normalized spacial score (nSPS) is 19.7. The van der Waals surface area contributed by atoms with Crippen LogP contribution >= 0.6 is 0 Å². The summed E-state index contributed by atoms with van der Waals surface area (Å²) in [5.41, 5.74) is 9.36. The number of carbonyl (C=O) groups is 4. The highest BCUT2D eigenvalue weighted by molar-refractivity contribution is 5.88. The Balaban J connectivity index is 1.09. The van der Waals surface area contributed by atoms with Gasteiger partial charge in [-0.1, -0.05) is 52.0 Å². The molecule has 2 aromatic carbocycles. The molecule has 4 N–H and O–H groups in total. The zero-order valence-electron chi connectivity index (χ0n) is 34.6. The molecular formula is C44H55N7O7. The lowest BCUT2D eigenvalue weighted by atomic mass is 9.81. The van der Waals surface area contributed by atoms with Gasteiger partial charge < -0.3 is 44.6 Å². The number of aromatic amines is 2. The van der Waals surface area contributed by atoms with E-state index >= 15 is 0 Å². The molecule has 7 rings (SSSR count). The highest BCUT2D eigenvalue weighted by atomic mass is 16.5. The Bertz CT molecular complexity index is 2190. The van der Waals surface area contributed by atoms with Crippen LogP contribution < -0.4 is 10.6 Å². The van der Waals surface area contributed by atoms with Crippen LogP contribution in [0.1, 0.15) is 95.0 Å². The zero-order valence-corrected chi connectivity index (χ0v) is 34.6. The highest BCUT2D eigenvalue weighted by Crippen LogP contribution is 2.50. The van der Waals surface area contributed by atoms with Crippen molar-refractivity contribution >= 4 is 24.0 Å². The number of fused-ring (bicyclic) bond motifs is 3. The fraction of sp³-hybridized carbons (Fsp3) is 0.477. The molecule has 3 aliphatic rings. The van der Waals surface area contributed by atoms with E-state index in [1.54, 1.807) is 6.92 Å². The minimum absolute atomic E-state index is 0.113. The number of hydrogen-bond donors (Lipinski definition) is 4. The van der Waals surface area contributed by atoms with Crippen LogP contribution in [0.5, 0.6) is 0 Å². The SMILES string of the molecule is COC(=O)N[C@H](C(=O)N1CCC[C@H]1c1ncc(-c2ccc3c(c2)C(C)(C)c2cc(-c4ccc(C5CCCN5C(=O)[C@@H](NC(=O)OC)[C@@H](C)OC)[nH]4)ccc2-3)[nH]1)C(C)C. The lowest BCUT2D eigenvalue weighted by molar-refractivity contribution is -0.137. The quantitative estimate of drug-likeness (QED) is 0.128. The summed E-state index contributed by atoms with van der Waals surface area (Å²) in [6.45, 7) is 11.2. The number of nitrogens with zero attached hydrogens (tertiary/aromatic N) is 3. The molecule has 2 saturated heterocycles. The van der Waals surface area contributed by atoms with Crippen molar-refractivity contribution in [3.8, 4) is 33.6 Å². The van der Waals surface area contributed by atoms with Crippen LogP contribution in [-0.2, 0) is 29.2 Å². The molecule has 0 bridgehead atoms. The first-order valence-corrected chi connectivity index (χ1v) is 20.1. The Labute approximate surface area is 339 Å². The second-order valence-corrected chi connectivity index (χ2v) is 16.4. The topological polar surface area (TPSA) is 171 Å². The maximum absolute atomic E-state index is 13.8. The van der Waals surface area contributed by atoms with Gasteiger partial charge in [-0.2, -0.15) is 0 Å². The van der Waals surface area contributed by atoms with Gasteiger partial charge >= 0.3 is 12.2 Å². The monoisotopic (exact) mass is 793 g/mol. The molecular weight excluding hydrogens is 739 g/mol. The van der Waals surface area contributed by atoms with Gasteiger partial charge in [0.05, 0.1) is 44.3 Å². The fourth-order valence-electron chi connectivity index (χ4n) is 8.93. The van der Waals surface area contributed by atoms with Gasteiger partial charge in [0.15, 0.2) is 0 Å². The molecule has 0 radical (unpaired) electrons. The number of ether oxygens (including phenoxy) is 3. The number of aromatic nitrogens is 3. The van der Waals surface area contributed by atoms with Crippen molar-refractivity contribution in [3.63, 3.8) is 0 Å². The molecule has 4 heterocycles. The minimum Gasteiger partial charge on any atom is -0.453 e. The van der Waals surface area contributed by atoms with Crippen LogP contribution in [0.4, 0.5) is 9.59 Å². The Kier molecular flexibility index (Phi) is 11.4. The number of carbonyl (C=O) groups excluding carboxylic acids is 4. The van der Waals surface area contributed by atoms with E-state index in [4.69, 9.17) is 19.2 Å². The van der Waals surface area contributed by atoms with Crippen molar-refractivity contribution in [2.75, 3.05) is 34.4 Å². The molecule has 14 heteroatoms. The van der Waals surface area contributed by atoms with Gasteiger partial charge in [-0.25, -0.2) is 14.6 Å². The third-order valence-electron chi connectivity index (χ3n) is 12.3. The van der Waals surface area contributed by atoms with Crippen molar-refractivity contribution < 1.29 is 33.4 Å². The molecule has 0 saturated carbocycles. The van der Waals surface area contributed by atoms with Crippen molar-refractivity contribution in [2.45, 2.75) is 96.0 Å². The van der Waals surface area contributed by atoms with E-state index in [9.17, 15) is 19.2 Å². The summed E-state index contributed by atoms with van der Waals surface area (Å²) in [4.78, 5) is 67.2. The van der Waals surface area contributed by atoms with E-state index < -0.39 is 30.4 Å². The Hall–Kier alpha value is -5.63. The third-order valence-corrected chi connectivity index (χ3v) is 12.3. The standard InChI is InChI=1S/C44H55N7O7/c1-24(2)37(48-42(54)57-7)40(52)51-20-10-12-36(51)39-45-23-34(47-39)27-14-16-29-28-15-13-26(21-30(28)44(4,5)31(29)22-27)32-17-18-33(46-32)35-11-9-19-50(35)41(53)38(25(3)56-6)49-43(55)58-8/h13-18,21-25,35-38,46H,9-12,19-20H2,1-8H3,(H,45,47)(H,48,54)(H,49,55)/t25-,35?,36+,37+,38+/m1/s1. The number of hydrogen-bond acceptors (Lipinski definition) is 8. The van der Waals surface area contributed by atoms with Crippen LogP contribution in [0, 0.1) is 5.92 Å². The largest absolute Gasteiger partial charge is 0.453 e. The maximum Gasteiger partial charge on any atom is 0.407 e. The lowest BCUT2D eigenvalue weighted by Gasteiger charge is -2.31. The first-order chi connectivity index (χ1) is 27.8. The smallest absolute Gasteiger partial charge is 0.407 e. The summed E-state index contributed by atoms with van der Waals surface area (Å²) in [6, 6.07) is 15.3. The van der Waals surface area contributed by atoms with E-state index in [0.717, 1.165) is 59.7 Å². The molecule has 14 nitrogen and oxygen atoms in total. The molecule has 0 spiro atoms. The van der Waals surface area contributed by atoms with Gasteiger partial charge in [-0.3, -0.25) is 9.59 Å². The lowest BCUT2D eigenvalue weighted by Crippen LogP contribution is -2.54. The molecule has 1 unspecified atom stereocenters. The molecule has 1 aliphatic carbocycles. The summed E-state index contributed by atoms with van der Waals surface area (Å²) in [7, 11) is 4.08. The molecule has 58 heavy (non-hydrogen) atoms. The number of amides is 4. The van der Waals surface area contributed by atoms with Crippen LogP contribution in [0.25, 0.3) is 33.6 Å². The Morgan fingerprint density at radius 3 is 1.88 bits per heavy atom. The molecule has 2 aromatic heterocycles. The van der Waals surface area contributed by atoms with Crippen molar-refractivity contribution in [1.82, 2.24) is 35.4 Å². The number of likely N-dealkylation sites (tertiary alicyclic amines) is 2. The van der Waals surface area contributed by atoms with Crippen molar-refractivity contribution in [1.29, 1.82) is 0 Å². The van der Waals surface area contributed by atoms with E-state index in [0.29, 0.717) is 13.1 Å². The fourth-order valence-corrected chi connectivity index (χ4v) is 8.93. The predicted molar refractivity (Wildman–Crippen MR) is 219 cm³/mol.